The van der Waals surface area contributed by atoms with Crippen molar-refractivity contribution in [3.63, 3.8) is 0 Å². The Kier molecular flexibility index (Phi) is 12.8. The minimum atomic E-state index is 0.477. The molecule has 72 valence electrons. The molecule has 0 saturated heterocycles. The van der Waals surface area contributed by atoms with Gasteiger partial charge in [0.2, 0.25) is 0 Å². The lowest BCUT2D eigenvalue weighted by molar-refractivity contribution is 0.737. The van der Waals surface area contributed by atoms with Gasteiger partial charge in [0.25, 0.3) is 0 Å². The van der Waals surface area contributed by atoms with Gasteiger partial charge in [0.15, 0.2) is 0 Å². The maximum absolute atomic E-state index is 3.69. The molecule has 0 saturated carbocycles. The molecule has 12 heavy (non-hydrogen) atoms. The SMILES string of the molecule is C=CCC(C)/C=N/S.CC(C)C. The Morgan fingerprint density at radius 2 is 1.75 bits per heavy atom. The van der Waals surface area contributed by atoms with Crippen molar-refractivity contribution in [2.45, 2.75) is 34.1 Å². The number of nitrogens with zero attached hydrogens (tertiary/aromatic N) is 1. The fourth-order valence-electron chi connectivity index (χ4n) is 0.438. The Labute approximate surface area is 82.5 Å². The molecule has 0 spiro atoms. The quantitative estimate of drug-likeness (QED) is 0.392. The summed E-state index contributed by atoms with van der Waals surface area (Å²) >= 11 is 3.69. The molecule has 0 aromatic rings. The average molecular weight is 187 g/mol. The zero-order valence-corrected chi connectivity index (χ0v) is 9.51. The highest BCUT2D eigenvalue weighted by atomic mass is 32.1. The van der Waals surface area contributed by atoms with E-state index >= 15 is 0 Å². The van der Waals surface area contributed by atoms with Gasteiger partial charge in [0, 0.05) is 6.21 Å². The van der Waals surface area contributed by atoms with Crippen LogP contribution >= 0.6 is 12.8 Å². The van der Waals surface area contributed by atoms with Crippen LogP contribution < -0.4 is 0 Å². The van der Waals surface area contributed by atoms with Gasteiger partial charge in [-0.05, 0) is 31.1 Å². The van der Waals surface area contributed by atoms with Gasteiger partial charge in [-0.25, -0.2) is 4.40 Å². The van der Waals surface area contributed by atoms with E-state index in [4.69, 9.17) is 0 Å². The summed E-state index contributed by atoms with van der Waals surface area (Å²) in [5.74, 6) is 1.31. The molecule has 0 heterocycles. The largest absolute Gasteiger partial charge is 0.232 e. The molecule has 0 aliphatic heterocycles. The second kappa shape index (κ2) is 10.8. The molecule has 0 bridgehead atoms. The summed E-state index contributed by atoms with van der Waals surface area (Å²) in [6.45, 7) is 12.2. The lowest BCUT2D eigenvalue weighted by Gasteiger charge is -1.95. The van der Waals surface area contributed by atoms with Crippen LogP contribution in [0, 0.1) is 11.8 Å². The molecule has 0 aromatic heterocycles. The van der Waals surface area contributed by atoms with Crippen molar-refractivity contribution in [2.24, 2.45) is 16.2 Å². The van der Waals surface area contributed by atoms with Crippen molar-refractivity contribution in [3.05, 3.63) is 12.7 Å². The van der Waals surface area contributed by atoms with E-state index < -0.39 is 0 Å². The van der Waals surface area contributed by atoms with Crippen LogP contribution in [0.25, 0.3) is 0 Å². The van der Waals surface area contributed by atoms with Crippen molar-refractivity contribution in [3.8, 4) is 0 Å². The van der Waals surface area contributed by atoms with Gasteiger partial charge in [-0.3, -0.25) is 0 Å². The van der Waals surface area contributed by atoms with E-state index in [9.17, 15) is 0 Å². The van der Waals surface area contributed by atoms with Gasteiger partial charge >= 0.3 is 0 Å². The second-order valence-electron chi connectivity index (χ2n) is 3.50. The van der Waals surface area contributed by atoms with E-state index in [0.29, 0.717) is 5.92 Å². The molecule has 0 aliphatic rings. The number of rotatable bonds is 3. The molecule has 0 radical (unpaired) electrons. The predicted octanol–water partition coefficient (Wildman–Crippen LogP) is 3.78. The van der Waals surface area contributed by atoms with Crippen molar-refractivity contribution >= 4 is 19.0 Å². The number of allylic oxidation sites excluding steroid dienone is 1. The van der Waals surface area contributed by atoms with Gasteiger partial charge in [0.1, 0.15) is 0 Å². The van der Waals surface area contributed by atoms with Gasteiger partial charge in [-0.1, -0.05) is 33.8 Å². The van der Waals surface area contributed by atoms with Crippen molar-refractivity contribution < 1.29 is 0 Å². The first-order valence-electron chi connectivity index (χ1n) is 4.33. The van der Waals surface area contributed by atoms with Crippen LogP contribution in [-0.4, -0.2) is 6.21 Å². The van der Waals surface area contributed by atoms with Crippen LogP contribution in [-0.2, 0) is 0 Å². The molecule has 1 atom stereocenters. The van der Waals surface area contributed by atoms with Crippen LogP contribution in [0.5, 0.6) is 0 Å². The third-order valence-electron chi connectivity index (χ3n) is 0.860. The molecular formula is C10H21NS. The normalized spacial score (nSPS) is 12.5. The standard InChI is InChI=1S/C6H11NS.C4H10/c1-3-4-6(2)5-7-8;1-4(2)3/h3,5-6,8H,1,4H2,2H3;4H,1-3H3/b7-5+;. The fraction of sp³-hybridized carbons (Fsp3) is 0.700. The Hall–Kier alpha value is -0.240. The van der Waals surface area contributed by atoms with E-state index in [1.165, 1.54) is 0 Å². The Morgan fingerprint density at radius 3 is 2.00 bits per heavy atom. The summed E-state index contributed by atoms with van der Waals surface area (Å²) in [7, 11) is 0. The van der Waals surface area contributed by atoms with E-state index in [1.807, 2.05) is 6.08 Å². The van der Waals surface area contributed by atoms with Crippen molar-refractivity contribution in [1.82, 2.24) is 0 Å². The molecule has 0 aromatic carbocycles. The van der Waals surface area contributed by atoms with E-state index in [1.54, 1.807) is 6.21 Å². The molecule has 0 N–H and O–H groups in total. The van der Waals surface area contributed by atoms with Crippen LogP contribution in [0.2, 0.25) is 0 Å². The van der Waals surface area contributed by atoms with Crippen LogP contribution in [0.3, 0.4) is 0 Å². The first-order valence-corrected chi connectivity index (χ1v) is 4.73. The average Bonchev–Trinajstić information content (AvgIpc) is 1.87. The van der Waals surface area contributed by atoms with E-state index in [0.717, 1.165) is 12.3 Å². The number of thiol groups is 1. The zero-order valence-electron chi connectivity index (χ0n) is 8.62. The molecule has 2 heteroatoms. The third kappa shape index (κ3) is 22.6. The Morgan fingerprint density at radius 1 is 1.33 bits per heavy atom. The monoisotopic (exact) mass is 187 g/mol. The van der Waals surface area contributed by atoms with Gasteiger partial charge in [-0.15, -0.1) is 6.58 Å². The third-order valence-corrected chi connectivity index (χ3v) is 0.993. The lowest BCUT2D eigenvalue weighted by atomic mass is 10.1. The highest BCUT2D eigenvalue weighted by molar-refractivity contribution is 7.78. The Balaban J connectivity index is 0. The molecule has 0 fully saturated rings. The van der Waals surface area contributed by atoms with Crippen LogP contribution in [0.4, 0.5) is 0 Å². The van der Waals surface area contributed by atoms with E-state index in [2.05, 4.69) is 51.5 Å². The smallest absolute Gasteiger partial charge is 0.0154 e. The lowest BCUT2D eigenvalue weighted by Crippen LogP contribution is -1.90. The van der Waals surface area contributed by atoms with Crippen molar-refractivity contribution in [2.75, 3.05) is 0 Å². The maximum Gasteiger partial charge on any atom is 0.0154 e. The molecule has 0 rings (SSSR count). The number of hydrogen-bond donors (Lipinski definition) is 1. The minimum absolute atomic E-state index is 0.477. The molecular weight excluding hydrogens is 166 g/mol. The summed E-state index contributed by atoms with van der Waals surface area (Å²) in [5, 5.41) is 0. The minimum Gasteiger partial charge on any atom is -0.232 e. The Bertz CT molecular complexity index is 116. The summed E-state index contributed by atoms with van der Waals surface area (Å²) < 4.78 is 3.58. The fourth-order valence-corrected chi connectivity index (χ4v) is 0.665. The first-order chi connectivity index (χ1) is 5.54. The summed E-state index contributed by atoms with van der Waals surface area (Å²) in [4.78, 5) is 0. The highest BCUT2D eigenvalue weighted by Crippen LogP contribution is 1.97. The van der Waals surface area contributed by atoms with Gasteiger partial charge in [0.05, 0.1) is 0 Å². The number of hydrogen-bond acceptors (Lipinski definition) is 2. The predicted molar refractivity (Wildman–Crippen MR) is 62.0 cm³/mol. The molecule has 1 nitrogen and oxygen atoms in total. The van der Waals surface area contributed by atoms with E-state index in [-0.39, 0.29) is 0 Å². The molecule has 1 unspecified atom stereocenters. The zero-order chi connectivity index (χ0) is 9.98. The molecule has 0 amide bonds. The summed E-state index contributed by atoms with van der Waals surface area (Å²) in [5.41, 5.74) is 0. The second-order valence-corrected chi connectivity index (χ2v) is 3.73. The molecule has 0 aliphatic carbocycles. The van der Waals surface area contributed by atoms with Crippen molar-refractivity contribution in [1.29, 1.82) is 0 Å². The van der Waals surface area contributed by atoms with Gasteiger partial charge in [-0.2, -0.15) is 0 Å². The maximum atomic E-state index is 3.69. The van der Waals surface area contributed by atoms with Gasteiger partial charge < -0.3 is 0 Å². The highest BCUT2D eigenvalue weighted by Gasteiger charge is 1.90. The topological polar surface area (TPSA) is 12.4 Å². The van der Waals surface area contributed by atoms with Crippen LogP contribution in [0.15, 0.2) is 17.1 Å². The summed E-state index contributed by atoms with van der Waals surface area (Å²) in [6, 6.07) is 0. The summed E-state index contributed by atoms with van der Waals surface area (Å²) in [6.07, 6.45) is 4.65. The first kappa shape index (κ1) is 14.3. The van der Waals surface area contributed by atoms with Crippen LogP contribution in [0.1, 0.15) is 34.1 Å².